The molecule has 0 saturated carbocycles. The van der Waals surface area contributed by atoms with Crippen molar-refractivity contribution in [2.45, 2.75) is 33.2 Å². The van der Waals surface area contributed by atoms with Gasteiger partial charge in [-0.1, -0.05) is 13.8 Å². The Labute approximate surface area is 79.6 Å². The second-order valence-electron chi connectivity index (χ2n) is 3.05. The molecule has 0 amide bonds. The molecule has 0 fully saturated rings. The Morgan fingerprint density at radius 1 is 1.46 bits per heavy atom. The lowest BCUT2D eigenvalue weighted by Crippen LogP contribution is -2.21. The zero-order valence-electron chi connectivity index (χ0n) is 8.54. The van der Waals surface area contributed by atoms with Gasteiger partial charge in [0.2, 0.25) is 0 Å². The van der Waals surface area contributed by atoms with Gasteiger partial charge < -0.3 is 5.32 Å². The number of nitrogens with one attached hydrogen (secondary N) is 1. The van der Waals surface area contributed by atoms with E-state index >= 15 is 0 Å². The highest BCUT2D eigenvalue weighted by atomic mass is 15.0. The van der Waals surface area contributed by atoms with Crippen molar-refractivity contribution in [3.8, 4) is 0 Å². The lowest BCUT2D eigenvalue weighted by atomic mass is 10.1. The third-order valence-electron chi connectivity index (χ3n) is 2.01. The molecule has 72 valence electrons. The number of rotatable bonds is 4. The predicted molar refractivity (Wildman–Crippen MR) is 53.5 cm³/mol. The van der Waals surface area contributed by atoms with Crippen LogP contribution < -0.4 is 5.32 Å². The average molecular weight is 179 g/mol. The molecule has 0 aromatic carbocycles. The van der Waals surface area contributed by atoms with E-state index in [1.807, 2.05) is 19.2 Å². The van der Waals surface area contributed by atoms with Crippen molar-refractivity contribution in [3.05, 3.63) is 23.8 Å². The molecule has 0 aliphatic rings. The predicted octanol–water partition coefficient (Wildman–Crippen LogP) is 1.85. The van der Waals surface area contributed by atoms with E-state index in [9.17, 15) is 0 Å². The summed E-state index contributed by atoms with van der Waals surface area (Å²) in [6, 6.07) is 2.34. The van der Waals surface area contributed by atoms with E-state index in [-0.39, 0.29) is 0 Å². The maximum absolute atomic E-state index is 4.39. The molecule has 3 nitrogen and oxygen atoms in total. The Bertz CT molecular complexity index is 260. The van der Waals surface area contributed by atoms with Crippen molar-refractivity contribution >= 4 is 0 Å². The van der Waals surface area contributed by atoms with Crippen LogP contribution in [0.15, 0.2) is 12.3 Å². The van der Waals surface area contributed by atoms with Gasteiger partial charge in [0.05, 0.1) is 5.69 Å². The summed E-state index contributed by atoms with van der Waals surface area (Å²) in [7, 11) is 0. The Hall–Kier alpha value is -0.960. The summed E-state index contributed by atoms with van der Waals surface area (Å²) < 4.78 is 0. The summed E-state index contributed by atoms with van der Waals surface area (Å²) in [4.78, 5) is 8.47. The first-order valence-electron chi connectivity index (χ1n) is 4.80. The fraction of sp³-hybridized carbons (Fsp3) is 0.600. The van der Waals surface area contributed by atoms with Crippen LogP contribution in [-0.4, -0.2) is 16.5 Å². The van der Waals surface area contributed by atoms with Crippen molar-refractivity contribution in [1.82, 2.24) is 15.3 Å². The molecule has 0 aliphatic heterocycles. The summed E-state index contributed by atoms with van der Waals surface area (Å²) in [6.45, 7) is 7.16. The molecule has 0 aliphatic carbocycles. The first-order valence-corrected chi connectivity index (χ1v) is 4.80. The van der Waals surface area contributed by atoms with E-state index in [4.69, 9.17) is 0 Å². The minimum Gasteiger partial charge on any atom is -0.309 e. The van der Waals surface area contributed by atoms with Gasteiger partial charge in [-0.05, 0) is 26.0 Å². The van der Waals surface area contributed by atoms with Crippen molar-refractivity contribution in [2.24, 2.45) is 0 Å². The minimum absolute atomic E-state index is 0.367. The minimum atomic E-state index is 0.367. The second-order valence-corrected chi connectivity index (χ2v) is 3.05. The zero-order valence-corrected chi connectivity index (χ0v) is 8.54. The van der Waals surface area contributed by atoms with Crippen molar-refractivity contribution in [2.75, 3.05) is 6.54 Å². The molecule has 1 heterocycles. The van der Waals surface area contributed by atoms with Gasteiger partial charge in [-0.25, -0.2) is 9.97 Å². The lowest BCUT2D eigenvalue weighted by molar-refractivity contribution is 0.522. The highest BCUT2D eigenvalue weighted by Crippen LogP contribution is 2.12. The number of hydrogen-bond acceptors (Lipinski definition) is 3. The third kappa shape index (κ3) is 2.77. The second kappa shape index (κ2) is 4.92. The van der Waals surface area contributed by atoms with Crippen molar-refractivity contribution in [1.29, 1.82) is 0 Å². The molecule has 0 saturated heterocycles. The Morgan fingerprint density at radius 2 is 2.23 bits per heavy atom. The summed E-state index contributed by atoms with van der Waals surface area (Å²) >= 11 is 0. The number of aryl methyl sites for hydroxylation is 1. The van der Waals surface area contributed by atoms with Gasteiger partial charge in [0.15, 0.2) is 0 Å². The van der Waals surface area contributed by atoms with E-state index in [2.05, 4.69) is 29.1 Å². The van der Waals surface area contributed by atoms with Crippen LogP contribution in [0.1, 0.15) is 37.8 Å². The van der Waals surface area contributed by atoms with Gasteiger partial charge in [-0.2, -0.15) is 0 Å². The lowest BCUT2D eigenvalue weighted by Gasteiger charge is -2.14. The molecule has 13 heavy (non-hydrogen) atoms. The largest absolute Gasteiger partial charge is 0.309 e. The smallest absolute Gasteiger partial charge is 0.125 e. The monoisotopic (exact) mass is 179 g/mol. The van der Waals surface area contributed by atoms with Gasteiger partial charge in [0, 0.05) is 12.2 Å². The highest BCUT2D eigenvalue weighted by molar-refractivity contribution is 5.06. The van der Waals surface area contributed by atoms with Crippen molar-refractivity contribution < 1.29 is 0 Å². The van der Waals surface area contributed by atoms with Crippen LogP contribution in [0.3, 0.4) is 0 Å². The first kappa shape index (κ1) is 10.1. The Balaban J connectivity index is 2.78. The average Bonchev–Trinajstić information content (AvgIpc) is 2.14. The molecule has 1 aromatic rings. The quantitative estimate of drug-likeness (QED) is 0.766. The maximum atomic E-state index is 4.39. The SMILES string of the molecule is CCNC(CC)c1ccnc(C)n1. The van der Waals surface area contributed by atoms with Crippen LogP contribution in [0.25, 0.3) is 0 Å². The molecule has 1 rings (SSSR count). The van der Waals surface area contributed by atoms with Gasteiger partial charge in [0.1, 0.15) is 5.82 Å². The summed E-state index contributed by atoms with van der Waals surface area (Å²) in [5.74, 6) is 0.842. The van der Waals surface area contributed by atoms with Crippen LogP contribution in [0.2, 0.25) is 0 Å². The van der Waals surface area contributed by atoms with Gasteiger partial charge in [-0.3, -0.25) is 0 Å². The third-order valence-corrected chi connectivity index (χ3v) is 2.01. The molecule has 1 unspecified atom stereocenters. The number of nitrogens with zero attached hydrogens (tertiary/aromatic N) is 2. The molecule has 3 heteroatoms. The van der Waals surface area contributed by atoms with Gasteiger partial charge in [0.25, 0.3) is 0 Å². The maximum Gasteiger partial charge on any atom is 0.125 e. The molecular weight excluding hydrogens is 162 g/mol. The Kier molecular flexibility index (Phi) is 3.83. The molecular formula is C10H17N3. The molecule has 0 radical (unpaired) electrons. The fourth-order valence-corrected chi connectivity index (χ4v) is 1.37. The van der Waals surface area contributed by atoms with E-state index in [1.165, 1.54) is 0 Å². The Morgan fingerprint density at radius 3 is 2.77 bits per heavy atom. The summed E-state index contributed by atoms with van der Waals surface area (Å²) in [5, 5.41) is 3.39. The summed E-state index contributed by atoms with van der Waals surface area (Å²) in [5.41, 5.74) is 1.09. The van der Waals surface area contributed by atoms with E-state index in [1.54, 1.807) is 0 Å². The fourth-order valence-electron chi connectivity index (χ4n) is 1.37. The highest BCUT2D eigenvalue weighted by Gasteiger charge is 2.08. The number of hydrogen-bond donors (Lipinski definition) is 1. The van der Waals surface area contributed by atoms with E-state index in [0.717, 1.165) is 24.5 Å². The summed E-state index contributed by atoms with van der Waals surface area (Å²) in [6.07, 6.45) is 2.88. The molecule has 1 N–H and O–H groups in total. The van der Waals surface area contributed by atoms with Gasteiger partial charge in [-0.15, -0.1) is 0 Å². The van der Waals surface area contributed by atoms with E-state index in [0.29, 0.717) is 6.04 Å². The van der Waals surface area contributed by atoms with Gasteiger partial charge >= 0.3 is 0 Å². The molecule has 1 atom stereocenters. The van der Waals surface area contributed by atoms with Crippen LogP contribution in [0, 0.1) is 6.92 Å². The van der Waals surface area contributed by atoms with Crippen LogP contribution in [0.5, 0.6) is 0 Å². The normalized spacial score (nSPS) is 12.8. The van der Waals surface area contributed by atoms with Crippen LogP contribution >= 0.6 is 0 Å². The molecule has 0 spiro atoms. The van der Waals surface area contributed by atoms with Crippen LogP contribution in [0.4, 0.5) is 0 Å². The standard InChI is InChI=1S/C10H17N3/c1-4-9(11-5-2)10-6-7-12-8(3)13-10/h6-7,9,11H,4-5H2,1-3H3. The molecule has 1 aromatic heterocycles. The van der Waals surface area contributed by atoms with E-state index < -0.39 is 0 Å². The zero-order chi connectivity index (χ0) is 9.68. The molecule has 0 bridgehead atoms. The van der Waals surface area contributed by atoms with Crippen LogP contribution in [-0.2, 0) is 0 Å². The first-order chi connectivity index (χ1) is 6.27. The number of aromatic nitrogens is 2. The van der Waals surface area contributed by atoms with Crippen molar-refractivity contribution in [3.63, 3.8) is 0 Å². The topological polar surface area (TPSA) is 37.8 Å².